The zero-order chi connectivity index (χ0) is 9.84. The molecular formula is C8H13N3O2. The first-order valence-electron chi connectivity index (χ1n) is 4.01. The summed E-state index contributed by atoms with van der Waals surface area (Å²) in [4.78, 5) is 12.8. The normalized spacial score (nSPS) is 22.5. The van der Waals surface area contributed by atoms with Crippen molar-refractivity contribution in [1.82, 2.24) is 4.90 Å². The number of amides is 1. The predicted molar refractivity (Wildman–Crippen MR) is 48.4 cm³/mol. The molecule has 5 nitrogen and oxygen atoms in total. The second-order valence-electron chi connectivity index (χ2n) is 2.78. The van der Waals surface area contributed by atoms with Gasteiger partial charge in [0.25, 0.3) is 0 Å². The zero-order valence-corrected chi connectivity index (χ0v) is 7.32. The van der Waals surface area contributed by atoms with Gasteiger partial charge in [0.2, 0.25) is 5.91 Å². The number of hydrogen-bond donors (Lipinski definition) is 2. The van der Waals surface area contributed by atoms with Gasteiger partial charge in [-0.2, -0.15) is 0 Å². The number of rotatable bonds is 2. The second-order valence-corrected chi connectivity index (χ2v) is 2.78. The molecule has 1 saturated heterocycles. The monoisotopic (exact) mass is 183 g/mol. The number of carbonyl (C=O) groups excluding carboxylic acids is 1. The van der Waals surface area contributed by atoms with E-state index in [9.17, 15) is 4.79 Å². The van der Waals surface area contributed by atoms with Gasteiger partial charge < -0.3 is 15.4 Å². The number of carbonyl (C=O) groups is 1. The molecule has 1 atom stereocenters. The Morgan fingerprint density at radius 3 is 3.00 bits per heavy atom. The van der Waals surface area contributed by atoms with Crippen LogP contribution in [0.5, 0.6) is 0 Å². The van der Waals surface area contributed by atoms with Crippen molar-refractivity contribution in [2.24, 2.45) is 5.73 Å². The first-order chi connectivity index (χ1) is 6.16. The number of hydrogen-bond acceptors (Lipinski definition) is 3. The first kappa shape index (κ1) is 9.73. The lowest BCUT2D eigenvalue weighted by atomic mass is 10.2. The summed E-state index contributed by atoms with van der Waals surface area (Å²) < 4.78 is 5.12. The fraction of sp³-hybridized carbons (Fsp3) is 0.500. The van der Waals surface area contributed by atoms with E-state index in [4.69, 9.17) is 15.9 Å². The third kappa shape index (κ3) is 2.06. The van der Waals surface area contributed by atoms with Crippen LogP contribution < -0.4 is 5.73 Å². The second kappa shape index (κ2) is 4.04. The molecular weight excluding hydrogens is 170 g/mol. The molecule has 1 heterocycles. The molecule has 1 rings (SSSR count). The fourth-order valence-corrected chi connectivity index (χ4v) is 1.24. The molecule has 1 amide bonds. The summed E-state index contributed by atoms with van der Waals surface area (Å²) in [6.45, 7) is 4.64. The van der Waals surface area contributed by atoms with E-state index in [1.54, 1.807) is 0 Å². The van der Waals surface area contributed by atoms with Crippen LogP contribution in [0.1, 0.15) is 0 Å². The van der Waals surface area contributed by atoms with Crippen LogP contribution in [0.15, 0.2) is 12.7 Å². The van der Waals surface area contributed by atoms with Gasteiger partial charge in [0.15, 0.2) is 0 Å². The topological polar surface area (TPSA) is 79.4 Å². The molecule has 0 aliphatic carbocycles. The minimum atomic E-state index is -0.431. The highest BCUT2D eigenvalue weighted by Gasteiger charge is 2.27. The number of nitrogens with two attached hydrogens (primary N) is 1. The average molecular weight is 183 g/mol. The number of nitrogens with zero attached hydrogens (tertiary/aromatic N) is 1. The van der Waals surface area contributed by atoms with E-state index < -0.39 is 6.04 Å². The molecule has 0 aromatic heterocycles. The number of morpholine rings is 1. The van der Waals surface area contributed by atoms with Crippen LogP contribution in [0.25, 0.3) is 0 Å². The van der Waals surface area contributed by atoms with E-state index in [0.717, 1.165) is 0 Å². The van der Waals surface area contributed by atoms with Gasteiger partial charge in [-0.05, 0) is 6.08 Å². The van der Waals surface area contributed by atoms with Crippen molar-refractivity contribution < 1.29 is 9.53 Å². The molecule has 0 radical (unpaired) electrons. The molecule has 1 aliphatic heterocycles. The highest BCUT2D eigenvalue weighted by atomic mass is 16.5. The Morgan fingerprint density at radius 2 is 2.46 bits per heavy atom. The number of nitrogens with one attached hydrogen (secondary N) is 1. The average Bonchev–Trinajstić information content (AvgIpc) is 2.16. The molecule has 0 saturated carbocycles. The third-order valence-corrected chi connectivity index (χ3v) is 1.95. The summed E-state index contributed by atoms with van der Waals surface area (Å²) in [5.74, 6) is -0.251. The lowest BCUT2D eigenvalue weighted by molar-refractivity contribution is -0.131. The van der Waals surface area contributed by atoms with Crippen molar-refractivity contribution in [1.29, 1.82) is 5.41 Å². The standard InChI is InChI=1S/C8H13N3O2/c1-2-7(12)11-3-4-13-5-6(11)8(9)10/h2,6H,1,3-5H2,(H3,9,10). The van der Waals surface area contributed by atoms with Crippen LogP contribution in [-0.2, 0) is 9.53 Å². The first-order valence-corrected chi connectivity index (χ1v) is 4.01. The highest BCUT2D eigenvalue weighted by molar-refractivity contribution is 5.93. The van der Waals surface area contributed by atoms with Crippen LogP contribution in [-0.4, -0.2) is 42.4 Å². The van der Waals surface area contributed by atoms with Gasteiger partial charge >= 0.3 is 0 Å². The van der Waals surface area contributed by atoms with Gasteiger partial charge in [0.1, 0.15) is 11.9 Å². The quantitative estimate of drug-likeness (QED) is 0.339. The highest BCUT2D eigenvalue weighted by Crippen LogP contribution is 2.07. The van der Waals surface area contributed by atoms with Crippen LogP contribution in [0.3, 0.4) is 0 Å². The summed E-state index contributed by atoms with van der Waals surface area (Å²) in [6.07, 6.45) is 1.22. The van der Waals surface area contributed by atoms with Crippen molar-refractivity contribution in [3.05, 3.63) is 12.7 Å². The summed E-state index contributed by atoms with van der Waals surface area (Å²) >= 11 is 0. The molecule has 3 N–H and O–H groups in total. The van der Waals surface area contributed by atoms with Crippen LogP contribution in [0.2, 0.25) is 0 Å². The maximum Gasteiger partial charge on any atom is 0.246 e. The summed E-state index contributed by atoms with van der Waals surface area (Å²) in [7, 11) is 0. The Labute approximate surface area is 76.7 Å². The van der Waals surface area contributed by atoms with E-state index in [-0.39, 0.29) is 11.7 Å². The largest absolute Gasteiger partial charge is 0.386 e. The van der Waals surface area contributed by atoms with Crippen LogP contribution in [0.4, 0.5) is 0 Å². The van der Waals surface area contributed by atoms with Gasteiger partial charge in [-0.25, -0.2) is 0 Å². The molecule has 13 heavy (non-hydrogen) atoms. The van der Waals surface area contributed by atoms with Crippen molar-refractivity contribution in [3.63, 3.8) is 0 Å². The van der Waals surface area contributed by atoms with Crippen molar-refractivity contribution in [2.75, 3.05) is 19.8 Å². The summed E-state index contributed by atoms with van der Waals surface area (Å²) in [6, 6.07) is -0.431. The van der Waals surface area contributed by atoms with E-state index in [1.165, 1.54) is 11.0 Å². The Balaban J connectivity index is 2.72. The molecule has 0 aromatic rings. The van der Waals surface area contributed by atoms with Gasteiger partial charge in [0.05, 0.1) is 13.2 Å². The Kier molecular flexibility index (Phi) is 3.02. The lowest BCUT2D eigenvalue weighted by Gasteiger charge is -2.33. The molecule has 0 aromatic carbocycles. The molecule has 1 unspecified atom stereocenters. The van der Waals surface area contributed by atoms with Gasteiger partial charge in [0, 0.05) is 6.54 Å². The number of amidine groups is 1. The minimum Gasteiger partial charge on any atom is -0.386 e. The van der Waals surface area contributed by atoms with Crippen LogP contribution in [0, 0.1) is 5.41 Å². The fourth-order valence-electron chi connectivity index (χ4n) is 1.24. The van der Waals surface area contributed by atoms with E-state index in [1.807, 2.05) is 0 Å². The van der Waals surface area contributed by atoms with Gasteiger partial charge in [-0.15, -0.1) is 0 Å². The Morgan fingerprint density at radius 1 is 1.77 bits per heavy atom. The molecule has 5 heteroatoms. The summed E-state index contributed by atoms with van der Waals surface area (Å²) in [5, 5.41) is 7.26. The third-order valence-electron chi connectivity index (χ3n) is 1.95. The van der Waals surface area contributed by atoms with E-state index in [2.05, 4.69) is 6.58 Å². The summed E-state index contributed by atoms with van der Waals surface area (Å²) in [5.41, 5.74) is 5.33. The maximum absolute atomic E-state index is 11.3. The minimum absolute atomic E-state index is 0.0464. The molecule has 0 bridgehead atoms. The Bertz CT molecular complexity index is 240. The van der Waals surface area contributed by atoms with Crippen molar-refractivity contribution >= 4 is 11.7 Å². The SMILES string of the molecule is C=CC(=O)N1CCOCC1C(=N)N. The molecule has 0 spiro atoms. The van der Waals surface area contributed by atoms with Gasteiger partial charge in [-0.3, -0.25) is 10.2 Å². The van der Waals surface area contributed by atoms with E-state index in [0.29, 0.717) is 19.8 Å². The van der Waals surface area contributed by atoms with E-state index >= 15 is 0 Å². The zero-order valence-electron chi connectivity index (χ0n) is 7.32. The predicted octanol–water partition coefficient (Wildman–Crippen LogP) is -0.664. The molecule has 1 fully saturated rings. The van der Waals surface area contributed by atoms with Crippen molar-refractivity contribution in [2.45, 2.75) is 6.04 Å². The molecule has 1 aliphatic rings. The van der Waals surface area contributed by atoms with Crippen LogP contribution >= 0.6 is 0 Å². The number of ether oxygens (including phenoxy) is 1. The maximum atomic E-state index is 11.3. The van der Waals surface area contributed by atoms with Crippen molar-refractivity contribution in [3.8, 4) is 0 Å². The van der Waals surface area contributed by atoms with Gasteiger partial charge in [-0.1, -0.05) is 6.58 Å². The smallest absolute Gasteiger partial charge is 0.246 e. The Hall–Kier alpha value is -1.36. The lowest BCUT2D eigenvalue weighted by Crippen LogP contribution is -2.54. The molecule has 72 valence electrons.